The Morgan fingerprint density at radius 2 is 2.09 bits per heavy atom. The maximum Gasteiger partial charge on any atom is 0.308 e. The molecule has 1 fully saturated rings. The van der Waals surface area contributed by atoms with Crippen molar-refractivity contribution in [2.24, 2.45) is 5.92 Å². The van der Waals surface area contributed by atoms with Gasteiger partial charge in [-0.05, 0) is 25.0 Å². The van der Waals surface area contributed by atoms with Crippen molar-refractivity contribution < 1.29 is 18.7 Å². The second-order valence-corrected chi connectivity index (χ2v) is 5.35. The summed E-state index contributed by atoms with van der Waals surface area (Å²) in [5.41, 5.74) is 0.445. The summed E-state index contributed by atoms with van der Waals surface area (Å²) in [4.78, 5) is 20.8. The van der Waals surface area contributed by atoms with Gasteiger partial charge in [0.25, 0.3) is 6.43 Å². The van der Waals surface area contributed by atoms with Gasteiger partial charge in [0.2, 0.25) is 0 Å². The molecule has 116 valence electrons. The number of carboxylic acid groups (broad SMARTS) is 1. The van der Waals surface area contributed by atoms with Crippen LogP contribution in [0.1, 0.15) is 25.1 Å². The number of piperidine rings is 1. The molecule has 1 atom stereocenters. The number of halogens is 2. The first-order valence-corrected chi connectivity index (χ1v) is 7.09. The first-order valence-electron chi connectivity index (χ1n) is 7.09. The number of hydrogen-bond acceptors (Lipinski definition) is 4. The summed E-state index contributed by atoms with van der Waals surface area (Å²) < 4.78 is 26.0. The quantitative estimate of drug-likeness (QED) is 0.944. The standard InChI is InChI=1S/C15H15F2N3O2/c16-12(17)13-18-11-6-2-1-5-10(11)14(19-13)20-7-3-4-9(8-20)15(21)22/h1-2,5-6,9,12H,3-4,7-8H2,(H,21,22). The summed E-state index contributed by atoms with van der Waals surface area (Å²) in [5, 5.41) is 9.84. The average molecular weight is 307 g/mol. The van der Waals surface area contributed by atoms with Gasteiger partial charge in [-0.15, -0.1) is 0 Å². The first kappa shape index (κ1) is 14.6. The van der Waals surface area contributed by atoms with Gasteiger partial charge in [-0.25, -0.2) is 18.7 Å². The minimum absolute atomic E-state index is 0.277. The van der Waals surface area contributed by atoms with Crippen molar-refractivity contribution in [2.45, 2.75) is 19.3 Å². The Balaban J connectivity index is 2.06. The molecule has 1 aromatic carbocycles. The van der Waals surface area contributed by atoms with E-state index in [1.54, 1.807) is 29.2 Å². The van der Waals surface area contributed by atoms with Crippen LogP contribution in [-0.4, -0.2) is 34.1 Å². The van der Waals surface area contributed by atoms with Crippen molar-refractivity contribution in [1.29, 1.82) is 0 Å². The smallest absolute Gasteiger partial charge is 0.308 e. The highest BCUT2D eigenvalue weighted by atomic mass is 19.3. The van der Waals surface area contributed by atoms with Gasteiger partial charge < -0.3 is 10.0 Å². The molecule has 1 saturated heterocycles. The van der Waals surface area contributed by atoms with Crippen LogP contribution < -0.4 is 4.90 Å². The monoisotopic (exact) mass is 307 g/mol. The molecule has 0 saturated carbocycles. The Bertz CT molecular complexity index is 708. The van der Waals surface area contributed by atoms with Crippen LogP contribution in [0, 0.1) is 5.92 Å². The number of aliphatic carboxylic acids is 1. The van der Waals surface area contributed by atoms with Gasteiger partial charge in [0.05, 0.1) is 11.4 Å². The molecule has 0 amide bonds. The molecular formula is C15H15F2N3O2. The minimum atomic E-state index is -2.76. The molecular weight excluding hydrogens is 292 g/mol. The topological polar surface area (TPSA) is 66.3 Å². The van der Waals surface area contributed by atoms with E-state index in [4.69, 9.17) is 0 Å². The molecule has 1 aliphatic rings. The van der Waals surface area contributed by atoms with E-state index < -0.39 is 24.1 Å². The fourth-order valence-corrected chi connectivity index (χ4v) is 2.79. The van der Waals surface area contributed by atoms with Crippen molar-refractivity contribution in [3.05, 3.63) is 30.1 Å². The zero-order valence-electron chi connectivity index (χ0n) is 11.7. The van der Waals surface area contributed by atoms with Gasteiger partial charge >= 0.3 is 5.97 Å². The van der Waals surface area contributed by atoms with Crippen molar-refractivity contribution in [1.82, 2.24) is 9.97 Å². The summed E-state index contributed by atoms with van der Waals surface area (Å²) in [6.07, 6.45) is -1.47. The number of nitrogens with zero attached hydrogens (tertiary/aromatic N) is 3. The zero-order valence-corrected chi connectivity index (χ0v) is 11.7. The summed E-state index contributed by atoms with van der Waals surface area (Å²) in [5.74, 6) is -1.49. The van der Waals surface area contributed by atoms with E-state index >= 15 is 0 Å². The summed E-state index contributed by atoms with van der Waals surface area (Å²) in [6.45, 7) is 0.881. The molecule has 3 rings (SSSR count). The number of rotatable bonds is 3. The fraction of sp³-hybridized carbons (Fsp3) is 0.400. The molecule has 5 nitrogen and oxygen atoms in total. The predicted molar refractivity (Wildman–Crippen MR) is 77.1 cm³/mol. The van der Waals surface area contributed by atoms with E-state index in [1.807, 2.05) is 0 Å². The highest BCUT2D eigenvalue weighted by Gasteiger charge is 2.28. The maximum absolute atomic E-state index is 13.0. The van der Waals surface area contributed by atoms with Crippen molar-refractivity contribution in [3.8, 4) is 0 Å². The van der Waals surface area contributed by atoms with Crippen LogP contribution in [0.4, 0.5) is 14.6 Å². The van der Waals surface area contributed by atoms with Gasteiger partial charge in [-0.1, -0.05) is 12.1 Å². The van der Waals surface area contributed by atoms with E-state index in [0.29, 0.717) is 36.1 Å². The molecule has 0 spiro atoms. The van der Waals surface area contributed by atoms with E-state index in [0.717, 1.165) is 0 Å². The van der Waals surface area contributed by atoms with E-state index in [-0.39, 0.29) is 6.54 Å². The van der Waals surface area contributed by atoms with Crippen LogP contribution in [0.3, 0.4) is 0 Å². The number of fused-ring (bicyclic) bond motifs is 1. The van der Waals surface area contributed by atoms with E-state index in [9.17, 15) is 18.7 Å². The fourth-order valence-electron chi connectivity index (χ4n) is 2.79. The van der Waals surface area contributed by atoms with Gasteiger partial charge in [0.1, 0.15) is 5.82 Å². The Kier molecular flexibility index (Phi) is 3.87. The lowest BCUT2D eigenvalue weighted by atomic mass is 9.98. The second kappa shape index (κ2) is 5.82. The van der Waals surface area contributed by atoms with E-state index in [1.165, 1.54) is 0 Å². The van der Waals surface area contributed by atoms with Crippen LogP contribution in [0.25, 0.3) is 10.9 Å². The van der Waals surface area contributed by atoms with Gasteiger partial charge in [0, 0.05) is 18.5 Å². The molecule has 1 unspecified atom stereocenters. The Hall–Kier alpha value is -2.31. The summed E-state index contributed by atoms with van der Waals surface area (Å²) in [6, 6.07) is 6.94. The number of carboxylic acids is 1. The number of benzene rings is 1. The molecule has 2 aromatic rings. The second-order valence-electron chi connectivity index (χ2n) is 5.35. The highest BCUT2D eigenvalue weighted by molar-refractivity contribution is 5.89. The minimum Gasteiger partial charge on any atom is -0.481 e. The van der Waals surface area contributed by atoms with Crippen LogP contribution in [0.15, 0.2) is 24.3 Å². The van der Waals surface area contributed by atoms with E-state index in [2.05, 4.69) is 9.97 Å². The molecule has 22 heavy (non-hydrogen) atoms. The first-order chi connectivity index (χ1) is 10.6. The van der Waals surface area contributed by atoms with Gasteiger partial charge in [0.15, 0.2) is 5.82 Å². The van der Waals surface area contributed by atoms with Crippen LogP contribution in [0.5, 0.6) is 0 Å². The van der Waals surface area contributed by atoms with Crippen LogP contribution >= 0.6 is 0 Å². The number of para-hydroxylation sites is 1. The third-order valence-corrected chi connectivity index (χ3v) is 3.87. The molecule has 1 aliphatic heterocycles. The SMILES string of the molecule is O=C(O)C1CCCN(c2nc(C(F)F)nc3ccccc23)C1. The molecule has 0 radical (unpaired) electrons. The predicted octanol–water partition coefficient (Wildman–Crippen LogP) is 2.87. The number of aromatic nitrogens is 2. The molecule has 1 aromatic heterocycles. The van der Waals surface area contributed by atoms with Crippen LogP contribution in [0.2, 0.25) is 0 Å². The van der Waals surface area contributed by atoms with Crippen molar-refractivity contribution >= 4 is 22.7 Å². The number of carbonyl (C=O) groups is 1. The molecule has 0 aliphatic carbocycles. The summed E-state index contributed by atoms with van der Waals surface area (Å²) in [7, 11) is 0. The Labute approximate surface area is 125 Å². The third kappa shape index (κ3) is 2.70. The maximum atomic E-state index is 13.0. The normalized spacial score (nSPS) is 18.9. The Morgan fingerprint density at radius 3 is 2.82 bits per heavy atom. The van der Waals surface area contributed by atoms with Gasteiger partial charge in [-0.2, -0.15) is 0 Å². The molecule has 0 bridgehead atoms. The molecule has 2 heterocycles. The lowest BCUT2D eigenvalue weighted by Gasteiger charge is -2.32. The zero-order chi connectivity index (χ0) is 15.7. The van der Waals surface area contributed by atoms with Gasteiger partial charge in [-0.3, -0.25) is 4.79 Å². The third-order valence-electron chi connectivity index (χ3n) is 3.87. The summed E-state index contributed by atoms with van der Waals surface area (Å²) >= 11 is 0. The average Bonchev–Trinajstić information content (AvgIpc) is 2.53. The van der Waals surface area contributed by atoms with Crippen LogP contribution in [-0.2, 0) is 4.79 Å². The lowest BCUT2D eigenvalue weighted by Crippen LogP contribution is -2.39. The number of anilines is 1. The number of alkyl halides is 2. The Morgan fingerprint density at radius 1 is 1.32 bits per heavy atom. The van der Waals surface area contributed by atoms with Crippen molar-refractivity contribution in [2.75, 3.05) is 18.0 Å². The molecule has 7 heteroatoms. The highest BCUT2D eigenvalue weighted by Crippen LogP contribution is 2.30. The largest absolute Gasteiger partial charge is 0.481 e. The van der Waals surface area contributed by atoms with Crippen molar-refractivity contribution in [3.63, 3.8) is 0 Å². The number of hydrogen-bond donors (Lipinski definition) is 1. The molecule has 1 N–H and O–H groups in total. The lowest BCUT2D eigenvalue weighted by molar-refractivity contribution is -0.141.